The van der Waals surface area contributed by atoms with Crippen LogP contribution >= 0.6 is 11.6 Å². The minimum Gasteiger partial charge on any atom is -0.462 e. The SMILES string of the molecule is CCC(C#N)CCCCCOC(=O)c1ccc(Cl)cc1. The Balaban J connectivity index is 2.14. The van der Waals surface area contributed by atoms with Crippen molar-refractivity contribution in [3.05, 3.63) is 34.9 Å². The lowest BCUT2D eigenvalue weighted by Gasteiger charge is -2.06. The number of halogens is 1. The molecular weight excluding hydrogens is 274 g/mol. The van der Waals surface area contributed by atoms with Crippen LogP contribution in [-0.2, 0) is 4.74 Å². The molecule has 0 saturated carbocycles. The van der Waals surface area contributed by atoms with E-state index in [0.717, 1.165) is 32.1 Å². The van der Waals surface area contributed by atoms with Gasteiger partial charge in [0.15, 0.2) is 0 Å². The number of carbonyl (C=O) groups excluding carboxylic acids is 1. The minimum atomic E-state index is -0.315. The van der Waals surface area contributed by atoms with E-state index in [9.17, 15) is 4.79 Å². The van der Waals surface area contributed by atoms with Crippen molar-refractivity contribution in [1.82, 2.24) is 0 Å². The highest BCUT2D eigenvalue weighted by molar-refractivity contribution is 6.30. The molecule has 3 nitrogen and oxygen atoms in total. The molecule has 0 radical (unpaired) electrons. The molecule has 0 heterocycles. The van der Waals surface area contributed by atoms with E-state index in [4.69, 9.17) is 21.6 Å². The molecular formula is C16H20ClNO2. The van der Waals surface area contributed by atoms with E-state index in [1.165, 1.54) is 0 Å². The van der Waals surface area contributed by atoms with Gasteiger partial charge < -0.3 is 4.74 Å². The fourth-order valence-corrected chi connectivity index (χ4v) is 1.99. The lowest BCUT2D eigenvalue weighted by Crippen LogP contribution is -2.06. The summed E-state index contributed by atoms with van der Waals surface area (Å²) in [7, 11) is 0. The number of esters is 1. The van der Waals surface area contributed by atoms with E-state index in [0.29, 0.717) is 17.2 Å². The summed E-state index contributed by atoms with van der Waals surface area (Å²) < 4.78 is 5.18. The first-order valence-corrected chi connectivity index (χ1v) is 7.37. The first-order chi connectivity index (χ1) is 9.67. The molecule has 0 bridgehead atoms. The standard InChI is InChI=1S/C16H20ClNO2/c1-2-13(12-18)6-4-3-5-11-20-16(19)14-7-9-15(17)10-8-14/h7-10,13H,2-6,11H2,1H3. The number of hydrogen-bond acceptors (Lipinski definition) is 3. The predicted octanol–water partition coefficient (Wildman–Crippen LogP) is 4.61. The topological polar surface area (TPSA) is 50.1 Å². The number of rotatable bonds is 8. The molecule has 1 aromatic carbocycles. The predicted molar refractivity (Wildman–Crippen MR) is 79.6 cm³/mol. The summed E-state index contributed by atoms with van der Waals surface area (Å²) >= 11 is 5.75. The molecule has 1 aromatic rings. The van der Waals surface area contributed by atoms with E-state index in [1.54, 1.807) is 24.3 Å². The van der Waals surface area contributed by atoms with Crippen molar-refractivity contribution in [2.45, 2.75) is 39.0 Å². The Morgan fingerprint density at radius 3 is 2.60 bits per heavy atom. The molecule has 0 spiro atoms. The third-order valence-corrected chi connectivity index (χ3v) is 3.44. The zero-order valence-corrected chi connectivity index (χ0v) is 12.5. The fraction of sp³-hybridized carbons (Fsp3) is 0.500. The maximum atomic E-state index is 11.7. The third kappa shape index (κ3) is 6.08. The quantitative estimate of drug-likeness (QED) is 0.519. The Morgan fingerprint density at radius 2 is 2.00 bits per heavy atom. The van der Waals surface area contributed by atoms with Crippen LogP contribution in [0.2, 0.25) is 5.02 Å². The van der Waals surface area contributed by atoms with Crippen molar-refractivity contribution in [1.29, 1.82) is 5.26 Å². The largest absolute Gasteiger partial charge is 0.462 e. The molecule has 1 unspecified atom stereocenters. The summed E-state index contributed by atoms with van der Waals surface area (Å²) in [5.41, 5.74) is 0.518. The van der Waals surface area contributed by atoms with Gasteiger partial charge in [-0.1, -0.05) is 31.4 Å². The second-order valence-electron chi connectivity index (χ2n) is 4.73. The van der Waals surface area contributed by atoms with Gasteiger partial charge >= 0.3 is 5.97 Å². The van der Waals surface area contributed by atoms with Gasteiger partial charge in [0.25, 0.3) is 0 Å². The summed E-state index contributed by atoms with van der Waals surface area (Å²) in [6, 6.07) is 8.95. The third-order valence-electron chi connectivity index (χ3n) is 3.19. The van der Waals surface area contributed by atoms with E-state index in [1.807, 2.05) is 6.92 Å². The van der Waals surface area contributed by atoms with E-state index in [-0.39, 0.29) is 11.9 Å². The van der Waals surface area contributed by atoms with Crippen molar-refractivity contribution in [2.24, 2.45) is 5.92 Å². The van der Waals surface area contributed by atoms with Crippen LogP contribution in [0.4, 0.5) is 0 Å². The van der Waals surface area contributed by atoms with Crippen molar-refractivity contribution < 1.29 is 9.53 Å². The van der Waals surface area contributed by atoms with Crippen LogP contribution in [0.15, 0.2) is 24.3 Å². The second-order valence-corrected chi connectivity index (χ2v) is 5.16. The van der Waals surface area contributed by atoms with Gasteiger partial charge in [0.1, 0.15) is 0 Å². The summed E-state index contributed by atoms with van der Waals surface area (Å²) in [5, 5.41) is 9.42. The average Bonchev–Trinajstić information content (AvgIpc) is 2.47. The summed E-state index contributed by atoms with van der Waals surface area (Å²) in [4.78, 5) is 11.7. The van der Waals surface area contributed by atoms with Crippen molar-refractivity contribution in [3.63, 3.8) is 0 Å². The summed E-state index contributed by atoms with van der Waals surface area (Å²) in [6.07, 6.45) is 4.65. The molecule has 4 heteroatoms. The molecule has 0 aliphatic heterocycles. The van der Waals surface area contributed by atoms with Gasteiger partial charge in [0.2, 0.25) is 0 Å². The van der Waals surface area contributed by atoms with Gasteiger partial charge in [-0.25, -0.2) is 4.79 Å². The highest BCUT2D eigenvalue weighted by Gasteiger charge is 2.07. The van der Waals surface area contributed by atoms with Crippen LogP contribution < -0.4 is 0 Å². The lowest BCUT2D eigenvalue weighted by atomic mass is 10.0. The summed E-state index contributed by atoms with van der Waals surface area (Å²) in [5.74, 6) is -0.156. The first kappa shape index (κ1) is 16.5. The number of nitriles is 1. The zero-order valence-electron chi connectivity index (χ0n) is 11.8. The van der Waals surface area contributed by atoms with Gasteiger partial charge in [-0.05, 0) is 43.5 Å². The Kier molecular flexibility index (Phi) is 7.75. The highest BCUT2D eigenvalue weighted by Crippen LogP contribution is 2.13. The molecule has 0 aliphatic carbocycles. The molecule has 1 atom stereocenters. The van der Waals surface area contributed by atoms with E-state index in [2.05, 4.69) is 6.07 Å². The molecule has 0 aromatic heterocycles. The highest BCUT2D eigenvalue weighted by atomic mass is 35.5. The van der Waals surface area contributed by atoms with Crippen LogP contribution in [0.3, 0.4) is 0 Å². The lowest BCUT2D eigenvalue weighted by molar-refractivity contribution is 0.0497. The number of carbonyl (C=O) groups is 1. The Bertz CT molecular complexity index is 451. The van der Waals surface area contributed by atoms with Crippen LogP contribution in [0.1, 0.15) is 49.4 Å². The average molecular weight is 294 g/mol. The molecule has 20 heavy (non-hydrogen) atoms. The number of nitrogens with zero attached hydrogens (tertiary/aromatic N) is 1. The van der Waals surface area contributed by atoms with Gasteiger partial charge in [-0.3, -0.25) is 0 Å². The maximum absolute atomic E-state index is 11.7. The van der Waals surface area contributed by atoms with Crippen LogP contribution in [-0.4, -0.2) is 12.6 Å². The summed E-state index contributed by atoms with van der Waals surface area (Å²) in [6.45, 7) is 2.45. The van der Waals surface area contributed by atoms with Crippen molar-refractivity contribution in [2.75, 3.05) is 6.61 Å². The van der Waals surface area contributed by atoms with Crippen LogP contribution in [0.25, 0.3) is 0 Å². The molecule has 1 rings (SSSR count). The van der Waals surface area contributed by atoms with Crippen LogP contribution in [0, 0.1) is 17.2 Å². The number of benzene rings is 1. The van der Waals surface area contributed by atoms with E-state index >= 15 is 0 Å². The van der Waals surface area contributed by atoms with Crippen molar-refractivity contribution in [3.8, 4) is 6.07 Å². The Labute approximate surface area is 125 Å². The van der Waals surface area contributed by atoms with E-state index < -0.39 is 0 Å². The normalized spacial score (nSPS) is 11.7. The molecule has 108 valence electrons. The van der Waals surface area contributed by atoms with Crippen molar-refractivity contribution >= 4 is 17.6 Å². The van der Waals surface area contributed by atoms with Gasteiger partial charge in [-0.2, -0.15) is 5.26 Å². The molecule has 0 saturated heterocycles. The minimum absolute atomic E-state index is 0.159. The zero-order chi connectivity index (χ0) is 14.8. The van der Waals surface area contributed by atoms with Crippen LogP contribution in [0.5, 0.6) is 0 Å². The number of unbranched alkanes of at least 4 members (excludes halogenated alkanes) is 2. The maximum Gasteiger partial charge on any atom is 0.338 e. The molecule has 0 amide bonds. The second kappa shape index (κ2) is 9.39. The monoisotopic (exact) mass is 293 g/mol. The molecule has 0 aliphatic rings. The molecule has 0 N–H and O–H groups in total. The number of hydrogen-bond donors (Lipinski definition) is 0. The van der Waals surface area contributed by atoms with Gasteiger partial charge in [-0.15, -0.1) is 0 Å². The molecule has 0 fully saturated rings. The first-order valence-electron chi connectivity index (χ1n) is 6.99. The van der Waals surface area contributed by atoms with Gasteiger partial charge in [0.05, 0.1) is 18.2 Å². The fourth-order valence-electron chi connectivity index (χ4n) is 1.86. The Morgan fingerprint density at radius 1 is 1.30 bits per heavy atom. The Hall–Kier alpha value is -1.53. The smallest absolute Gasteiger partial charge is 0.338 e. The van der Waals surface area contributed by atoms with Gasteiger partial charge in [0, 0.05) is 10.9 Å². The number of ether oxygens (including phenoxy) is 1.